The minimum atomic E-state index is 0.723. The first-order valence-electron chi connectivity index (χ1n) is 6.93. The third-order valence-electron chi connectivity index (χ3n) is 3.79. The standard InChI is InChI=1S/C15H25N3/c1-17-11-6-9-15(13-17)18(2)12-10-16-14-7-4-3-5-8-14/h3-5,7-8,15-16H,6,9-13H2,1-2H3. The van der Waals surface area contributed by atoms with Crippen molar-refractivity contribution in [2.45, 2.75) is 18.9 Å². The van der Waals surface area contributed by atoms with Gasteiger partial charge in [-0.25, -0.2) is 0 Å². The maximum Gasteiger partial charge on any atom is 0.0340 e. The summed E-state index contributed by atoms with van der Waals surface area (Å²) in [4.78, 5) is 4.93. The minimum absolute atomic E-state index is 0.723. The molecule has 2 rings (SSSR count). The number of nitrogens with one attached hydrogen (secondary N) is 1. The van der Waals surface area contributed by atoms with Gasteiger partial charge in [0, 0.05) is 31.4 Å². The Hall–Kier alpha value is -1.06. The number of piperidine rings is 1. The van der Waals surface area contributed by atoms with Crippen molar-refractivity contribution in [2.24, 2.45) is 0 Å². The van der Waals surface area contributed by atoms with Crippen LogP contribution in [-0.4, -0.2) is 56.1 Å². The highest BCUT2D eigenvalue weighted by atomic mass is 15.2. The molecule has 0 amide bonds. The Balaban J connectivity index is 1.70. The van der Waals surface area contributed by atoms with Gasteiger partial charge >= 0.3 is 0 Å². The first-order chi connectivity index (χ1) is 8.75. The molecule has 1 aliphatic rings. The van der Waals surface area contributed by atoms with Crippen LogP contribution in [-0.2, 0) is 0 Å². The van der Waals surface area contributed by atoms with E-state index in [0.717, 1.165) is 19.1 Å². The Bertz CT molecular complexity index is 339. The molecule has 0 bridgehead atoms. The predicted octanol–water partition coefficient (Wildman–Crippen LogP) is 2.12. The molecule has 0 radical (unpaired) electrons. The molecule has 3 heteroatoms. The zero-order chi connectivity index (χ0) is 12.8. The Morgan fingerprint density at radius 3 is 2.83 bits per heavy atom. The van der Waals surface area contributed by atoms with E-state index in [9.17, 15) is 0 Å². The molecule has 1 aromatic carbocycles. The monoisotopic (exact) mass is 247 g/mol. The van der Waals surface area contributed by atoms with Crippen molar-refractivity contribution in [1.82, 2.24) is 9.80 Å². The summed E-state index contributed by atoms with van der Waals surface area (Å²) in [6.07, 6.45) is 2.67. The fourth-order valence-electron chi connectivity index (χ4n) is 2.61. The van der Waals surface area contributed by atoms with E-state index in [1.807, 2.05) is 0 Å². The molecule has 0 aliphatic carbocycles. The molecule has 100 valence electrons. The zero-order valence-corrected chi connectivity index (χ0v) is 11.6. The van der Waals surface area contributed by atoms with Gasteiger partial charge in [-0.3, -0.25) is 0 Å². The summed E-state index contributed by atoms with van der Waals surface area (Å²) < 4.78 is 0. The number of hydrogen-bond acceptors (Lipinski definition) is 3. The van der Waals surface area contributed by atoms with Crippen molar-refractivity contribution >= 4 is 5.69 Å². The second-order valence-electron chi connectivity index (χ2n) is 5.33. The molecule has 1 fully saturated rings. The highest BCUT2D eigenvalue weighted by Crippen LogP contribution is 2.13. The molecule has 1 atom stereocenters. The summed E-state index contributed by atoms with van der Waals surface area (Å²) in [5.41, 5.74) is 1.21. The summed E-state index contributed by atoms with van der Waals surface area (Å²) in [6.45, 7) is 4.59. The van der Waals surface area contributed by atoms with E-state index in [-0.39, 0.29) is 0 Å². The van der Waals surface area contributed by atoms with E-state index in [0.29, 0.717) is 0 Å². The molecule has 1 aliphatic heterocycles. The van der Waals surface area contributed by atoms with Crippen LogP contribution in [0, 0.1) is 0 Å². The van der Waals surface area contributed by atoms with Gasteiger partial charge in [0.1, 0.15) is 0 Å². The topological polar surface area (TPSA) is 18.5 Å². The van der Waals surface area contributed by atoms with Crippen LogP contribution >= 0.6 is 0 Å². The molecule has 1 N–H and O–H groups in total. The summed E-state index contributed by atoms with van der Waals surface area (Å²) in [7, 11) is 4.47. The molecular weight excluding hydrogens is 222 g/mol. The molecule has 1 heterocycles. The molecule has 1 unspecified atom stereocenters. The molecule has 1 saturated heterocycles. The van der Waals surface area contributed by atoms with Crippen LogP contribution in [0.3, 0.4) is 0 Å². The first kappa shape index (κ1) is 13.4. The Kier molecular flexibility index (Phi) is 5.02. The fraction of sp³-hybridized carbons (Fsp3) is 0.600. The van der Waals surface area contributed by atoms with Gasteiger partial charge in [0.2, 0.25) is 0 Å². The lowest BCUT2D eigenvalue weighted by atomic mass is 10.1. The zero-order valence-electron chi connectivity index (χ0n) is 11.6. The van der Waals surface area contributed by atoms with Gasteiger partial charge in [0.05, 0.1) is 0 Å². The van der Waals surface area contributed by atoms with E-state index in [4.69, 9.17) is 0 Å². The largest absolute Gasteiger partial charge is 0.384 e. The van der Waals surface area contributed by atoms with Crippen molar-refractivity contribution in [1.29, 1.82) is 0 Å². The van der Waals surface area contributed by atoms with Crippen LogP contribution in [0.2, 0.25) is 0 Å². The number of benzene rings is 1. The van der Waals surface area contributed by atoms with Crippen molar-refractivity contribution in [3.63, 3.8) is 0 Å². The van der Waals surface area contributed by atoms with Crippen LogP contribution < -0.4 is 5.32 Å². The van der Waals surface area contributed by atoms with Crippen molar-refractivity contribution in [3.8, 4) is 0 Å². The molecule has 18 heavy (non-hydrogen) atoms. The van der Waals surface area contributed by atoms with Gasteiger partial charge in [-0.15, -0.1) is 0 Å². The smallest absolute Gasteiger partial charge is 0.0340 e. The molecule has 0 aromatic heterocycles. The second-order valence-corrected chi connectivity index (χ2v) is 5.33. The van der Waals surface area contributed by atoms with Gasteiger partial charge < -0.3 is 15.1 Å². The Morgan fingerprint density at radius 1 is 1.33 bits per heavy atom. The Morgan fingerprint density at radius 2 is 2.11 bits per heavy atom. The number of anilines is 1. The van der Waals surface area contributed by atoms with Crippen LogP contribution in [0.15, 0.2) is 30.3 Å². The van der Waals surface area contributed by atoms with Crippen molar-refractivity contribution in [2.75, 3.05) is 45.6 Å². The van der Waals surface area contributed by atoms with Crippen LogP contribution in [0.25, 0.3) is 0 Å². The molecule has 3 nitrogen and oxygen atoms in total. The van der Waals surface area contributed by atoms with E-state index in [2.05, 4.69) is 59.5 Å². The van der Waals surface area contributed by atoms with Gasteiger partial charge in [0.15, 0.2) is 0 Å². The lowest BCUT2D eigenvalue weighted by Crippen LogP contribution is -2.46. The van der Waals surface area contributed by atoms with E-state index in [1.165, 1.54) is 31.6 Å². The van der Waals surface area contributed by atoms with Gasteiger partial charge in [0.25, 0.3) is 0 Å². The molecule has 1 aromatic rings. The number of nitrogens with zero attached hydrogens (tertiary/aromatic N) is 2. The first-order valence-corrected chi connectivity index (χ1v) is 6.93. The van der Waals surface area contributed by atoms with Crippen LogP contribution in [0.4, 0.5) is 5.69 Å². The normalized spacial score (nSPS) is 21.2. The molecule has 0 spiro atoms. The maximum atomic E-state index is 3.47. The van der Waals surface area contributed by atoms with Crippen LogP contribution in [0.1, 0.15) is 12.8 Å². The van der Waals surface area contributed by atoms with Crippen molar-refractivity contribution in [3.05, 3.63) is 30.3 Å². The van der Waals surface area contributed by atoms with E-state index in [1.54, 1.807) is 0 Å². The SMILES string of the molecule is CN1CCCC(N(C)CCNc2ccccc2)C1. The summed E-state index contributed by atoms with van der Waals surface area (Å²) in [5.74, 6) is 0. The third kappa shape index (κ3) is 4.00. The third-order valence-corrected chi connectivity index (χ3v) is 3.79. The van der Waals surface area contributed by atoms with Gasteiger partial charge in [-0.2, -0.15) is 0 Å². The quantitative estimate of drug-likeness (QED) is 0.860. The van der Waals surface area contributed by atoms with E-state index >= 15 is 0 Å². The minimum Gasteiger partial charge on any atom is -0.384 e. The van der Waals surface area contributed by atoms with E-state index < -0.39 is 0 Å². The Labute approximate surface area is 111 Å². The highest BCUT2D eigenvalue weighted by Gasteiger charge is 2.20. The summed E-state index contributed by atoms with van der Waals surface area (Å²) >= 11 is 0. The predicted molar refractivity (Wildman–Crippen MR) is 78.1 cm³/mol. The van der Waals surface area contributed by atoms with Gasteiger partial charge in [-0.1, -0.05) is 18.2 Å². The highest BCUT2D eigenvalue weighted by molar-refractivity contribution is 5.42. The maximum absolute atomic E-state index is 3.47. The lowest BCUT2D eigenvalue weighted by Gasteiger charge is -2.35. The average molecular weight is 247 g/mol. The number of likely N-dealkylation sites (tertiary alicyclic amines) is 1. The fourth-order valence-corrected chi connectivity index (χ4v) is 2.61. The summed E-state index contributed by atoms with van der Waals surface area (Å²) in [6, 6.07) is 11.2. The molecule has 0 saturated carbocycles. The number of likely N-dealkylation sites (N-methyl/N-ethyl adjacent to an activating group) is 2. The number of hydrogen-bond donors (Lipinski definition) is 1. The lowest BCUT2D eigenvalue weighted by molar-refractivity contribution is 0.138. The summed E-state index contributed by atoms with van der Waals surface area (Å²) in [5, 5.41) is 3.47. The average Bonchev–Trinajstić information content (AvgIpc) is 2.40. The molecular formula is C15H25N3. The number of para-hydroxylation sites is 1. The number of rotatable bonds is 5. The second kappa shape index (κ2) is 6.76. The van der Waals surface area contributed by atoms with Crippen LogP contribution in [0.5, 0.6) is 0 Å². The van der Waals surface area contributed by atoms with Gasteiger partial charge in [-0.05, 0) is 45.6 Å². The van der Waals surface area contributed by atoms with Crippen molar-refractivity contribution < 1.29 is 0 Å².